The lowest BCUT2D eigenvalue weighted by Gasteiger charge is -2.19. The Morgan fingerprint density at radius 2 is 1.83 bits per heavy atom. The van der Waals surface area contributed by atoms with Gasteiger partial charge in [0.2, 0.25) is 0 Å². The number of carbonyl (C=O) groups is 1. The lowest BCUT2D eigenvalue weighted by Crippen LogP contribution is -2.24. The minimum absolute atomic E-state index is 0.128. The van der Waals surface area contributed by atoms with E-state index in [1.165, 1.54) is 5.56 Å². The zero-order valence-corrected chi connectivity index (χ0v) is 14.6. The van der Waals surface area contributed by atoms with Crippen LogP contribution in [0.4, 0.5) is 4.79 Å². The predicted molar refractivity (Wildman–Crippen MR) is 98.8 cm³/mol. The summed E-state index contributed by atoms with van der Waals surface area (Å²) in [6, 6.07) is 18.0. The number of hydrogen-bond acceptors (Lipinski definition) is 2. The van der Waals surface area contributed by atoms with Crippen LogP contribution in [0.25, 0.3) is 6.08 Å². The van der Waals surface area contributed by atoms with Gasteiger partial charge in [-0.25, -0.2) is 4.79 Å². The summed E-state index contributed by atoms with van der Waals surface area (Å²) >= 11 is 0. The van der Waals surface area contributed by atoms with Crippen molar-refractivity contribution in [1.82, 2.24) is 5.32 Å². The van der Waals surface area contributed by atoms with Gasteiger partial charge in [0.25, 0.3) is 0 Å². The van der Waals surface area contributed by atoms with Crippen molar-refractivity contribution in [2.45, 2.75) is 32.8 Å². The molecule has 2 rings (SSSR count). The Hall–Kier alpha value is -2.55. The van der Waals surface area contributed by atoms with Crippen LogP contribution in [0, 0.1) is 0 Å². The van der Waals surface area contributed by atoms with Crippen molar-refractivity contribution < 1.29 is 9.53 Å². The van der Waals surface area contributed by atoms with E-state index in [-0.39, 0.29) is 12.0 Å². The van der Waals surface area contributed by atoms with Crippen molar-refractivity contribution in [3.05, 3.63) is 77.4 Å². The minimum Gasteiger partial charge on any atom is -0.445 e. The summed E-state index contributed by atoms with van der Waals surface area (Å²) in [7, 11) is 0. The summed E-state index contributed by atoms with van der Waals surface area (Å²) in [6.45, 7) is 7.30. The number of carbonyl (C=O) groups excluding carboxylic acids is 1. The van der Waals surface area contributed by atoms with E-state index in [4.69, 9.17) is 4.74 Å². The van der Waals surface area contributed by atoms with Gasteiger partial charge in [0, 0.05) is 6.54 Å². The molecule has 0 saturated heterocycles. The first-order valence-electron chi connectivity index (χ1n) is 8.17. The molecule has 2 aromatic rings. The molecule has 0 atom stereocenters. The molecular formula is C21H25NO2. The highest BCUT2D eigenvalue weighted by molar-refractivity contribution is 5.67. The Labute approximate surface area is 144 Å². The SMILES string of the molecule is CC(C)(C)c1cccc(C=CCNC(=O)OCc2ccccc2)c1. The van der Waals surface area contributed by atoms with Gasteiger partial charge in [-0.15, -0.1) is 0 Å². The van der Waals surface area contributed by atoms with Crippen molar-refractivity contribution in [2.24, 2.45) is 0 Å². The fourth-order valence-electron chi connectivity index (χ4n) is 2.22. The van der Waals surface area contributed by atoms with Gasteiger partial charge in [-0.05, 0) is 22.1 Å². The number of ether oxygens (including phenoxy) is 1. The first-order valence-corrected chi connectivity index (χ1v) is 8.17. The molecule has 0 spiro atoms. The molecule has 0 saturated carbocycles. The van der Waals surface area contributed by atoms with Crippen molar-refractivity contribution in [1.29, 1.82) is 0 Å². The van der Waals surface area contributed by atoms with E-state index in [2.05, 4.69) is 50.4 Å². The Morgan fingerprint density at radius 3 is 2.54 bits per heavy atom. The van der Waals surface area contributed by atoms with Crippen LogP contribution < -0.4 is 5.32 Å². The van der Waals surface area contributed by atoms with E-state index in [0.717, 1.165) is 11.1 Å². The van der Waals surface area contributed by atoms with Gasteiger partial charge in [0.05, 0.1) is 0 Å². The highest BCUT2D eigenvalue weighted by Crippen LogP contribution is 2.23. The molecule has 24 heavy (non-hydrogen) atoms. The van der Waals surface area contributed by atoms with E-state index in [1.54, 1.807) is 0 Å². The third kappa shape index (κ3) is 5.92. The first kappa shape index (κ1) is 17.8. The molecule has 0 aliphatic rings. The van der Waals surface area contributed by atoms with Gasteiger partial charge in [0.1, 0.15) is 6.61 Å². The van der Waals surface area contributed by atoms with Crippen LogP contribution in [0.1, 0.15) is 37.5 Å². The fraction of sp³-hybridized carbons (Fsp3) is 0.286. The standard InChI is InChI=1S/C21H25NO2/c1-21(2,3)19-13-7-11-17(15-19)12-8-14-22-20(23)24-16-18-9-5-4-6-10-18/h4-13,15H,14,16H2,1-3H3,(H,22,23). The third-order valence-corrected chi connectivity index (χ3v) is 3.64. The topological polar surface area (TPSA) is 38.3 Å². The van der Waals surface area contributed by atoms with Crippen LogP contribution in [0.3, 0.4) is 0 Å². The third-order valence-electron chi connectivity index (χ3n) is 3.64. The highest BCUT2D eigenvalue weighted by Gasteiger charge is 2.12. The van der Waals surface area contributed by atoms with E-state index in [0.29, 0.717) is 6.54 Å². The van der Waals surface area contributed by atoms with Crippen molar-refractivity contribution in [2.75, 3.05) is 6.54 Å². The molecule has 0 bridgehead atoms. The molecule has 0 aliphatic heterocycles. The van der Waals surface area contributed by atoms with Crippen LogP contribution >= 0.6 is 0 Å². The zero-order chi connectivity index (χ0) is 17.4. The summed E-state index contributed by atoms with van der Waals surface area (Å²) in [6.07, 6.45) is 3.52. The zero-order valence-electron chi connectivity index (χ0n) is 14.6. The predicted octanol–water partition coefficient (Wildman–Crippen LogP) is 4.92. The number of alkyl carbamates (subject to hydrolysis) is 1. The Bertz CT molecular complexity index is 684. The van der Waals surface area contributed by atoms with Crippen molar-refractivity contribution >= 4 is 12.2 Å². The average Bonchev–Trinajstić information content (AvgIpc) is 2.57. The molecule has 0 unspecified atom stereocenters. The summed E-state index contributed by atoms with van der Waals surface area (Å²) in [4.78, 5) is 11.6. The van der Waals surface area contributed by atoms with Crippen molar-refractivity contribution in [3.8, 4) is 0 Å². The molecule has 0 aliphatic carbocycles. The summed E-state index contributed by atoms with van der Waals surface area (Å²) in [5, 5.41) is 2.72. The van der Waals surface area contributed by atoms with Crippen LogP contribution in [0.2, 0.25) is 0 Å². The number of benzene rings is 2. The van der Waals surface area contributed by atoms with Gasteiger partial charge < -0.3 is 10.1 Å². The highest BCUT2D eigenvalue weighted by atomic mass is 16.5. The molecule has 0 fully saturated rings. The summed E-state index contributed by atoms with van der Waals surface area (Å²) in [5.74, 6) is 0. The lowest BCUT2D eigenvalue weighted by atomic mass is 9.86. The Balaban J connectivity index is 1.77. The fourth-order valence-corrected chi connectivity index (χ4v) is 2.22. The van der Waals surface area contributed by atoms with Gasteiger partial charge in [-0.3, -0.25) is 0 Å². The molecule has 3 nitrogen and oxygen atoms in total. The maximum absolute atomic E-state index is 11.6. The maximum Gasteiger partial charge on any atom is 0.407 e. The first-order chi connectivity index (χ1) is 11.4. The normalized spacial score (nSPS) is 11.5. The molecule has 3 heteroatoms. The van der Waals surface area contributed by atoms with Gasteiger partial charge in [-0.2, -0.15) is 0 Å². The molecule has 0 radical (unpaired) electrons. The van der Waals surface area contributed by atoms with E-state index < -0.39 is 6.09 Å². The average molecular weight is 323 g/mol. The van der Waals surface area contributed by atoms with Crippen molar-refractivity contribution in [3.63, 3.8) is 0 Å². The number of amides is 1. The van der Waals surface area contributed by atoms with Gasteiger partial charge in [-0.1, -0.05) is 87.5 Å². The van der Waals surface area contributed by atoms with Crippen LogP contribution in [0.5, 0.6) is 0 Å². The monoisotopic (exact) mass is 323 g/mol. The second-order valence-electron chi connectivity index (χ2n) is 6.72. The van der Waals surface area contributed by atoms with Gasteiger partial charge in [0.15, 0.2) is 0 Å². The number of hydrogen-bond donors (Lipinski definition) is 1. The molecule has 0 aromatic heterocycles. The molecule has 2 aromatic carbocycles. The molecule has 126 valence electrons. The maximum atomic E-state index is 11.6. The number of rotatable bonds is 5. The molecule has 0 heterocycles. The summed E-state index contributed by atoms with van der Waals surface area (Å²) < 4.78 is 5.16. The molecule has 1 N–H and O–H groups in total. The second-order valence-corrected chi connectivity index (χ2v) is 6.72. The quantitative estimate of drug-likeness (QED) is 0.848. The van der Waals surface area contributed by atoms with Crippen LogP contribution in [0.15, 0.2) is 60.7 Å². The van der Waals surface area contributed by atoms with Crippen LogP contribution in [-0.2, 0) is 16.8 Å². The minimum atomic E-state index is -0.410. The second kappa shape index (κ2) is 8.34. The lowest BCUT2D eigenvalue weighted by molar-refractivity contribution is 0.141. The summed E-state index contributed by atoms with van der Waals surface area (Å²) in [5.41, 5.74) is 3.52. The molecular weight excluding hydrogens is 298 g/mol. The number of nitrogens with one attached hydrogen (secondary N) is 1. The van der Waals surface area contributed by atoms with E-state index in [1.807, 2.05) is 42.5 Å². The molecule has 1 amide bonds. The Kier molecular flexibility index (Phi) is 6.19. The van der Waals surface area contributed by atoms with Crippen LogP contribution in [-0.4, -0.2) is 12.6 Å². The smallest absolute Gasteiger partial charge is 0.407 e. The van der Waals surface area contributed by atoms with Gasteiger partial charge >= 0.3 is 6.09 Å². The van der Waals surface area contributed by atoms with E-state index in [9.17, 15) is 4.79 Å². The largest absolute Gasteiger partial charge is 0.445 e. The Morgan fingerprint density at radius 1 is 1.08 bits per heavy atom. The van der Waals surface area contributed by atoms with E-state index >= 15 is 0 Å².